The number of hydrogen-bond donors (Lipinski definition) is 2. The minimum atomic E-state index is -2.72. The van der Waals surface area contributed by atoms with E-state index in [2.05, 4.69) is 10.4 Å². The standard InChI is InChI=1S/C9H7NO2.C8H5NO2.CH4O/c1-10-8(11)6-4-2-3-5-7(6)9(10)12;10-7-5-3-1-2-4-6(5)8(11)9-7;1-2/h2-5H,1H3;1-4H,(H,9,10,11);2H,1H3/i1D3;;1D3,2D. The second-order valence-electron chi connectivity index (χ2n) is 4.82. The Hall–Kier alpha value is -3.32. The third-order valence-electron chi connectivity index (χ3n) is 3.44. The van der Waals surface area contributed by atoms with E-state index < -0.39 is 25.8 Å². The van der Waals surface area contributed by atoms with Crippen LogP contribution in [0.2, 0.25) is 0 Å². The highest BCUT2D eigenvalue weighted by molar-refractivity contribution is 6.21. The van der Waals surface area contributed by atoms with Crippen LogP contribution in [0.15, 0.2) is 48.5 Å². The van der Waals surface area contributed by atoms with Crippen molar-refractivity contribution < 1.29 is 32.5 Å². The number of hydrogen-bond acceptors (Lipinski definition) is 5. The van der Waals surface area contributed by atoms with E-state index in [1.165, 1.54) is 12.1 Å². The van der Waals surface area contributed by atoms with Crippen LogP contribution in [-0.2, 0) is 0 Å². The maximum absolute atomic E-state index is 11.6. The molecule has 2 heterocycles. The fourth-order valence-electron chi connectivity index (χ4n) is 2.31. The van der Waals surface area contributed by atoms with Crippen molar-refractivity contribution in [2.45, 2.75) is 0 Å². The van der Waals surface area contributed by atoms with Crippen molar-refractivity contribution in [3.8, 4) is 0 Å². The molecule has 0 aliphatic carbocycles. The third kappa shape index (κ3) is 3.31. The second-order valence-corrected chi connectivity index (χ2v) is 4.82. The lowest BCUT2D eigenvalue weighted by molar-refractivity contribution is 0.0691. The molecule has 25 heavy (non-hydrogen) atoms. The smallest absolute Gasteiger partial charge is 0.261 e. The van der Waals surface area contributed by atoms with Crippen LogP contribution in [0.1, 0.15) is 49.7 Å². The zero-order valence-electron chi connectivity index (χ0n) is 19.6. The van der Waals surface area contributed by atoms with Gasteiger partial charge in [0, 0.05) is 18.1 Å². The van der Waals surface area contributed by atoms with Gasteiger partial charge in [-0.25, -0.2) is 0 Å². The number of amides is 4. The molecule has 4 rings (SSSR count). The Labute approximate surface area is 153 Å². The van der Waals surface area contributed by atoms with Crippen LogP contribution >= 0.6 is 0 Å². The second kappa shape index (κ2) is 7.50. The van der Waals surface area contributed by atoms with Crippen LogP contribution in [0.5, 0.6) is 0 Å². The molecule has 2 N–H and O–H groups in total. The van der Waals surface area contributed by atoms with E-state index in [4.69, 9.17) is 9.66 Å². The monoisotopic (exact) mass is 347 g/mol. The Morgan fingerprint density at radius 3 is 1.60 bits per heavy atom. The predicted octanol–water partition coefficient (Wildman–Crippen LogP) is 1.09. The normalized spacial score (nSPS) is 19.0. The maximum atomic E-state index is 11.6. The fraction of sp³-hybridized carbons (Fsp3) is 0.111. The topological polar surface area (TPSA) is 104 Å². The summed E-state index contributed by atoms with van der Waals surface area (Å²) in [6.07, 6.45) is 0. The van der Waals surface area contributed by atoms with Crippen LogP contribution < -0.4 is 5.32 Å². The maximum Gasteiger partial charge on any atom is 0.261 e. The molecule has 128 valence electrons. The highest BCUT2D eigenvalue weighted by atomic mass is 16.2. The first-order chi connectivity index (χ1) is 14.8. The minimum Gasteiger partial charge on any atom is -0.400 e. The largest absolute Gasteiger partial charge is 0.400 e. The van der Waals surface area contributed by atoms with Crippen LogP contribution in [0.25, 0.3) is 0 Å². The Bertz CT molecular complexity index is 998. The quantitative estimate of drug-likeness (QED) is 0.694. The molecule has 0 fully saturated rings. The van der Waals surface area contributed by atoms with E-state index in [9.17, 15) is 19.2 Å². The molecule has 2 aliphatic heterocycles. The molecular weight excluding hydrogens is 324 g/mol. The highest BCUT2D eigenvalue weighted by Gasteiger charge is 2.31. The molecule has 2 aromatic carbocycles. The van der Waals surface area contributed by atoms with Crippen molar-refractivity contribution in [1.82, 2.24) is 10.2 Å². The molecule has 4 amide bonds. The number of imide groups is 2. The zero-order valence-corrected chi connectivity index (χ0v) is 12.6. The number of carbonyl (C=O) groups excluding carboxylic acids is 4. The van der Waals surface area contributed by atoms with Gasteiger partial charge in [0.15, 0.2) is 0 Å². The number of aliphatic hydroxyl groups is 1. The lowest BCUT2D eigenvalue weighted by Gasteiger charge is -2.02. The van der Waals surface area contributed by atoms with Crippen molar-refractivity contribution >= 4 is 23.6 Å². The van der Waals surface area contributed by atoms with Gasteiger partial charge >= 0.3 is 0 Å². The molecular formula is C18H16N2O5. The summed E-state index contributed by atoms with van der Waals surface area (Å²) in [6.45, 7) is -2.72. The van der Waals surface area contributed by atoms with Crippen LogP contribution in [0.4, 0.5) is 0 Å². The summed E-state index contributed by atoms with van der Waals surface area (Å²) in [5, 5.41) is 5.39. The van der Waals surface area contributed by atoms with Gasteiger partial charge in [0.25, 0.3) is 23.6 Å². The van der Waals surface area contributed by atoms with E-state index in [1.807, 2.05) is 0 Å². The van der Waals surface area contributed by atoms with Crippen LogP contribution in [0, 0.1) is 0 Å². The molecule has 0 saturated heterocycles. The van der Waals surface area contributed by atoms with Gasteiger partial charge in [-0.3, -0.25) is 29.4 Å². The summed E-state index contributed by atoms with van der Waals surface area (Å²) in [5.74, 6) is -2.11. The van der Waals surface area contributed by atoms with E-state index in [-0.39, 0.29) is 22.9 Å². The number of nitrogens with one attached hydrogen (secondary N) is 1. The Kier molecular flexibility index (Phi) is 3.16. The number of benzene rings is 2. The first-order valence-electron chi connectivity index (χ1n) is 10.3. The van der Waals surface area contributed by atoms with Crippen molar-refractivity contribution in [2.24, 2.45) is 0 Å². The van der Waals surface area contributed by atoms with Gasteiger partial charge in [-0.2, -0.15) is 0 Å². The molecule has 0 spiro atoms. The summed E-state index contributed by atoms with van der Waals surface area (Å²) in [7, 11) is -2.54. The molecule has 0 saturated carbocycles. The van der Waals surface area contributed by atoms with Crippen molar-refractivity contribution in [3.63, 3.8) is 0 Å². The van der Waals surface area contributed by atoms with E-state index in [0.717, 1.165) is 0 Å². The first kappa shape index (κ1) is 10.5. The number of rotatable bonds is 0. The Morgan fingerprint density at radius 1 is 0.840 bits per heavy atom. The van der Waals surface area contributed by atoms with Crippen molar-refractivity contribution in [2.75, 3.05) is 14.0 Å². The van der Waals surface area contributed by atoms with Crippen molar-refractivity contribution in [1.29, 1.82) is 1.43 Å². The first-order valence-corrected chi connectivity index (χ1v) is 6.85. The molecule has 2 aromatic rings. The van der Waals surface area contributed by atoms with Crippen molar-refractivity contribution in [3.05, 3.63) is 70.8 Å². The minimum absolute atomic E-state index is 0.152. The summed E-state index contributed by atoms with van der Waals surface area (Å²) in [4.78, 5) is 45.4. The van der Waals surface area contributed by atoms with E-state index in [0.29, 0.717) is 16.0 Å². The predicted molar refractivity (Wildman–Crippen MR) is 89.2 cm³/mol. The van der Waals surface area contributed by atoms with Gasteiger partial charge in [0.1, 0.15) is 0 Å². The van der Waals surface area contributed by atoms with Gasteiger partial charge in [0.05, 0.1) is 26.4 Å². The lowest BCUT2D eigenvalue weighted by atomic mass is 10.1. The summed E-state index contributed by atoms with van der Waals surface area (Å²) in [5.41, 5.74) is 1.24. The van der Waals surface area contributed by atoms with Gasteiger partial charge < -0.3 is 5.11 Å². The van der Waals surface area contributed by atoms with E-state index >= 15 is 0 Å². The van der Waals surface area contributed by atoms with Gasteiger partial charge in [0.2, 0.25) is 1.43 Å². The fourth-order valence-corrected chi connectivity index (χ4v) is 2.31. The average Bonchev–Trinajstić information content (AvgIpc) is 3.16. The molecule has 0 radical (unpaired) electrons. The average molecular weight is 347 g/mol. The zero-order chi connectivity index (χ0) is 24.3. The van der Waals surface area contributed by atoms with Crippen LogP contribution in [0.3, 0.4) is 0 Å². The Balaban J connectivity index is 0.000000188. The van der Waals surface area contributed by atoms with Crippen LogP contribution in [-0.4, -0.2) is 49.1 Å². The third-order valence-corrected chi connectivity index (χ3v) is 3.44. The molecule has 0 unspecified atom stereocenters. The lowest BCUT2D eigenvalue weighted by Crippen LogP contribution is -2.24. The number of carbonyl (C=O) groups is 4. The summed E-state index contributed by atoms with van der Waals surface area (Å²) >= 11 is 0. The van der Waals surface area contributed by atoms with Gasteiger partial charge in [-0.1, -0.05) is 24.3 Å². The summed E-state index contributed by atoms with van der Waals surface area (Å²) in [6, 6.07) is 12.8. The SMILES string of the molecule is O=C1NC(=O)c2ccccc21.[2H]C([2H])([2H])N1C(=O)c2ccccc2C1=O.[2H]OC([2H])([2H])[2H]. The van der Waals surface area contributed by atoms with Gasteiger partial charge in [-0.15, -0.1) is 0 Å². The highest BCUT2D eigenvalue weighted by Crippen LogP contribution is 2.20. The number of fused-ring (bicyclic) bond motifs is 2. The van der Waals surface area contributed by atoms with Gasteiger partial charge in [-0.05, 0) is 24.3 Å². The molecule has 2 aliphatic rings. The molecule has 0 aromatic heterocycles. The molecule has 0 atom stereocenters. The summed E-state index contributed by atoms with van der Waals surface area (Å²) < 4.78 is 45.4. The molecule has 7 heteroatoms. The number of nitrogens with zero attached hydrogens (tertiary/aromatic N) is 1. The Morgan fingerprint density at radius 2 is 1.24 bits per heavy atom. The molecule has 7 nitrogen and oxygen atoms in total. The van der Waals surface area contributed by atoms with E-state index in [1.54, 1.807) is 36.4 Å². The molecule has 0 bridgehead atoms.